The van der Waals surface area contributed by atoms with Crippen LogP contribution in [0.3, 0.4) is 0 Å². The minimum atomic E-state index is -0.438. The topological polar surface area (TPSA) is 63.2 Å². The van der Waals surface area contributed by atoms with Crippen LogP contribution in [0.5, 0.6) is 0 Å². The molecule has 0 radical (unpaired) electrons. The Bertz CT molecular complexity index is 394. The van der Waals surface area contributed by atoms with Crippen LogP contribution in [0.15, 0.2) is 11.6 Å². The molecule has 2 rings (SSSR count). The maximum atomic E-state index is 11.5. The SMILES string of the molecule is CC(C)(C)OC(=O)NC1CC(Nc2nccs2)C1. The fourth-order valence-electron chi connectivity index (χ4n) is 1.80. The summed E-state index contributed by atoms with van der Waals surface area (Å²) in [5, 5.41) is 9.07. The van der Waals surface area contributed by atoms with Crippen LogP contribution < -0.4 is 10.6 Å². The normalized spacial score (nSPS) is 23.1. The molecule has 1 saturated carbocycles. The fourth-order valence-corrected chi connectivity index (χ4v) is 2.40. The summed E-state index contributed by atoms with van der Waals surface area (Å²) < 4.78 is 5.20. The first-order valence-corrected chi connectivity index (χ1v) is 6.96. The maximum Gasteiger partial charge on any atom is 0.407 e. The number of nitrogens with one attached hydrogen (secondary N) is 2. The van der Waals surface area contributed by atoms with Gasteiger partial charge in [-0.25, -0.2) is 9.78 Å². The lowest BCUT2D eigenvalue weighted by Gasteiger charge is -2.36. The van der Waals surface area contributed by atoms with Gasteiger partial charge in [0.2, 0.25) is 0 Å². The van der Waals surface area contributed by atoms with Gasteiger partial charge in [0.05, 0.1) is 0 Å². The zero-order valence-electron chi connectivity index (χ0n) is 10.9. The number of ether oxygens (including phenoxy) is 1. The van der Waals surface area contributed by atoms with E-state index in [9.17, 15) is 4.79 Å². The van der Waals surface area contributed by atoms with Crippen LogP contribution in [0.4, 0.5) is 9.93 Å². The van der Waals surface area contributed by atoms with Crippen LogP contribution in [0.2, 0.25) is 0 Å². The number of rotatable bonds is 3. The smallest absolute Gasteiger partial charge is 0.407 e. The molecule has 1 aliphatic rings. The Labute approximate surface area is 111 Å². The van der Waals surface area contributed by atoms with Gasteiger partial charge in [-0.05, 0) is 33.6 Å². The van der Waals surface area contributed by atoms with Gasteiger partial charge in [0.25, 0.3) is 0 Å². The number of anilines is 1. The molecule has 1 aliphatic carbocycles. The number of aromatic nitrogens is 1. The second kappa shape index (κ2) is 5.14. The molecule has 0 spiro atoms. The van der Waals surface area contributed by atoms with Crippen molar-refractivity contribution < 1.29 is 9.53 Å². The van der Waals surface area contributed by atoms with E-state index in [-0.39, 0.29) is 12.1 Å². The number of carbonyl (C=O) groups is 1. The molecule has 0 saturated heterocycles. The summed E-state index contributed by atoms with van der Waals surface area (Å²) in [5.74, 6) is 0. The highest BCUT2D eigenvalue weighted by Crippen LogP contribution is 2.25. The van der Waals surface area contributed by atoms with Crippen LogP contribution in [0.1, 0.15) is 33.6 Å². The van der Waals surface area contributed by atoms with Gasteiger partial charge in [-0.1, -0.05) is 0 Å². The summed E-state index contributed by atoms with van der Waals surface area (Å²) in [6.07, 6.45) is 3.28. The Morgan fingerprint density at radius 3 is 2.72 bits per heavy atom. The molecule has 18 heavy (non-hydrogen) atoms. The zero-order valence-corrected chi connectivity index (χ0v) is 11.7. The van der Waals surface area contributed by atoms with Gasteiger partial charge in [0.1, 0.15) is 5.60 Å². The first-order valence-electron chi connectivity index (χ1n) is 6.08. The van der Waals surface area contributed by atoms with E-state index in [4.69, 9.17) is 4.74 Å². The number of nitrogens with zero attached hydrogens (tertiary/aromatic N) is 1. The number of hydrogen-bond acceptors (Lipinski definition) is 5. The molecule has 0 aromatic carbocycles. The first-order chi connectivity index (χ1) is 8.42. The van der Waals surface area contributed by atoms with Crippen LogP contribution in [0, 0.1) is 0 Å². The van der Waals surface area contributed by atoms with Gasteiger partial charge >= 0.3 is 6.09 Å². The van der Waals surface area contributed by atoms with Gasteiger partial charge in [0, 0.05) is 23.7 Å². The minimum absolute atomic E-state index is 0.206. The van der Waals surface area contributed by atoms with Crippen molar-refractivity contribution in [2.75, 3.05) is 5.32 Å². The predicted octanol–water partition coefficient (Wildman–Crippen LogP) is 2.61. The standard InChI is InChI=1S/C12H19N3O2S/c1-12(2,3)17-11(16)15-9-6-8(7-9)14-10-13-4-5-18-10/h4-5,8-9H,6-7H2,1-3H3,(H,13,14)(H,15,16). The lowest BCUT2D eigenvalue weighted by Crippen LogP contribution is -2.50. The summed E-state index contributed by atoms with van der Waals surface area (Å²) >= 11 is 1.59. The van der Waals surface area contributed by atoms with Gasteiger partial charge in [-0.2, -0.15) is 0 Å². The Hall–Kier alpha value is -1.30. The number of thiazole rings is 1. The van der Waals surface area contributed by atoms with Gasteiger partial charge in [-0.3, -0.25) is 0 Å². The highest BCUT2D eigenvalue weighted by molar-refractivity contribution is 7.13. The van der Waals surface area contributed by atoms with Gasteiger partial charge in [0.15, 0.2) is 5.13 Å². The fraction of sp³-hybridized carbons (Fsp3) is 0.667. The lowest BCUT2D eigenvalue weighted by atomic mass is 9.87. The molecule has 5 nitrogen and oxygen atoms in total. The molecular weight excluding hydrogens is 250 g/mol. The van der Waals surface area contributed by atoms with E-state index in [2.05, 4.69) is 15.6 Å². The van der Waals surface area contributed by atoms with Crippen molar-refractivity contribution in [3.63, 3.8) is 0 Å². The van der Waals surface area contributed by atoms with Crippen LogP contribution in [-0.4, -0.2) is 28.8 Å². The third-order valence-electron chi connectivity index (χ3n) is 2.62. The summed E-state index contributed by atoms with van der Waals surface area (Å²) in [7, 11) is 0. The quantitative estimate of drug-likeness (QED) is 0.885. The van der Waals surface area contributed by atoms with Crippen LogP contribution in [-0.2, 0) is 4.74 Å². The monoisotopic (exact) mass is 269 g/mol. The maximum absolute atomic E-state index is 11.5. The Kier molecular flexibility index (Phi) is 3.75. The molecule has 1 aromatic rings. The largest absolute Gasteiger partial charge is 0.444 e. The van der Waals surface area contributed by atoms with E-state index < -0.39 is 5.60 Å². The summed E-state index contributed by atoms with van der Waals surface area (Å²) in [5.41, 5.74) is -0.438. The summed E-state index contributed by atoms with van der Waals surface area (Å²) in [6, 6.07) is 0.605. The molecule has 0 atom stereocenters. The van der Waals surface area contributed by atoms with E-state index in [0.29, 0.717) is 6.04 Å². The van der Waals surface area contributed by atoms with Crippen LogP contribution >= 0.6 is 11.3 Å². The molecule has 1 heterocycles. The second-order valence-electron chi connectivity index (χ2n) is 5.49. The highest BCUT2D eigenvalue weighted by Gasteiger charge is 2.31. The molecular formula is C12H19N3O2S. The summed E-state index contributed by atoms with van der Waals surface area (Å²) in [6.45, 7) is 5.58. The molecule has 6 heteroatoms. The van der Waals surface area contributed by atoms with E-state index in [0.717, 1.165) is 18.0 Å². The number of amides is 1. The third kappa shape index (κ3) is 3.87. The van der Waals surface area contributed by atoms with Crippen molar-refractivity contribution in [3.05, 3.63) is 11.6 Å². The Morgan fingerprint density at radius 2 is 2.17 bits per heavy atom. The minimum Gasteiger partial charge on any atom is -0.444 e. The van der Waals surface area contributed by atoms with E-state index in [1.807, 2.05) is 26.2 Å². The average molecular weight is 269 g/mol. The molecule has 1 fully saturated rings. The Balaban J connectivity index is 1.66. The average Bonchev–Trinajstić information content (AvgIpc) is 2.63. The molecule has 0 aliphatic heterocycles. The Morgan fingerprint density at radius 1 is 1.44 bits per heavy atom. The van der Waals surface area contributed by atoms with E-state index >= 15 is 0 Å². The van der Waals surface area contributed by atoms with Crippen molar-refractivity contribution in [1.29, 1.82) is 0 Å². The predicted molar refractivity (Wildman–Crippen MR) is 71.9 cm³/mol. The number of carbonyl (C=O) groups excluding carboxylic acids is 1. The van der Waals surface area contributed by atoms with Gasteiger partial charge in [-0.15, -0.1) is 11.3 Å². The molecule has 0 bridgehead atoms. The van der Waals surface area contributed by atoms with Crippen LogP contribution in [0.25, 0.3) is 0 Å². The molecule has 2 N–H and O–H groups in total. The summed E-state index contributed by atoms with van der Waals surface area (Å²) in [4.78, 5) is 15.7. The molecule has 1 amide bonds. The second-order valence-corrected chi connectivity index (χ2v) is 6.39. The highest BCUT2D eigenvalue weighted by atomic mass is 32.1. The third-order valence-corrected chi connectivity index (χ3v) is 3.32. The van der Waals surface area contributed by atoms with Crippen molar-refractivity contribution in [3.8, 4) is 0 Å². The van der Waals surface area contributed by atoms with Crippen molar-refractivity contribution in [2.24, 2.45) is 0 Å². The van der Waals surface area contributed by atoms with E-state index in [1.54, 1.807) is 17.5 Å². The zero-order chi connectivity index (χ0) is 13.2. The van der Waals surface area contributed by atoms with Crippen molar-refractivity contribution >= 4 is 22.6 Å². The van der Waals surface area contributed by atoms with Crippen molar-refractivity contribution in [2.45, 2.75) is 51.3 Å². The lowest BCUT2D eigenvalue weighted by molar-refractivity contribution is 0.0475. The number of hydrogen-bond donors (Lipinski definition) is 2. The van der Waals surface area contributed by atoms with Gasteiger partial charge < -0.3 is 15.4 Å². The van der Waals surface area contributed by atoms with E-state index in [1.165, 1.54) is 0 Å². The molecule has 0 unspecified atom stereocenters. The molecule has 100 valence electrons. The van der Waals surface area contributed by atoms with Crippen molar-refractivity contribution in [1.82, 2.24) is 10.3 Å². The number of alkyl carbamates (subject to hydrolysis) is 1. The molecule has 1 aromatic heterocycles. The first kappa shape index (κ1) is 13.1.